The van der Waals surface area contributed by atoms with E-state index in [2.05, 4.69) is 5.32 Å². The van der Waals surface area contributed by atoms with Gasteiger partial charge >= 0.3 is 6.03 Å². The molecule has 2 aromatic carbocycles. The lowest BCUT2D eigenvalue weighted by Gasteiger charge is -2.27. The van der Waals surface area contributed by atoms with Gasteiger partial charge < -0.3 is 19.9 Å². The molecule has 0 aromatic heterocycles. The number of carbonyl (C=O) groups is 4. The third-order valence-corrected chi connectivity index (χ3v) is 4.64. The van der Waals surface area contributed by atoms with Crippen LogP contribution in [0.1, 0.15) is 25.8 Å². The average Bonchev–Trinajstić information content (AvgIpc) is 2.80. The summed E-state index contributed by atoms with van der Waals surface area (Å²) < 4.78 is 16.6. The minimum Gasteiger partial charge on any atom is -0.490 e. The van der Waals surface area contributed by atoms with Crippen molar-refractivity contribution in [2.24, 2.45) is 5.73 Å². The van der Waals surface area contributed by atoms with Crippen LogP contribution in [0.4, 0.5) is 10.5 Å². The molecule has 0 atom stereocenters. The number of amides is 5. The van der Waals surface area contributed by atoms with E-state index in [0.717, 1.165) is 11.3 Å². The molecule has 0 aliphatic carbocycles. The molecule has 0 saturated carbocycles. The average molecular weight is 467 g/mol. The summed E-state index contributed by atoms with van der Waals surface area (Å²) in [4.78, 5) is 50.2. The molecule has 1 aliphatic rings. The summed E-state index contributed by atoms with van der Waals surface area (Å²) in [5.41, 5.74) is 5.39. The molecule has 0 unspecified atom stereocenters. The van der Waals surface area contributed by atoms with Gasteiger partial charge in [0.1, 0.15) is 11.3 Å². The third-order valence-electron chi connectivity index (χ3n) is 4.64. The van der Waals surface area contributed by atoms with Gasteiger partial charge in [-0.05, 0) is 37.6 Å². The number of hydrogen-bond acceptors (Lipinski definition) is 7. The number of imide groups is 2. The zero-order chi connectivity index (χ0) is 24.7. The van der Waals surface area contributed by atoms with Crippen molar-refractivity contribution in [3.05, 3.63) is 53.6 Å². The Bertz CT molecular complexity index is 1140. The number of urea groups is 1. The van der Waals surface area contributed by atoms with Gasteiger partial charge in [-0.25, -0.2) is 9.69 Å². The monoisotopic (exact) mass is 467 g/mol. The van der Waals surface area contributed by atoms with Crippen LogP contribution < -0.4 is 30.2 Å². The highest BCUT2D eigenvalue weighted by Crippen LogP contribution is 2.34. The normalized spacial score (nSPS) is 14.7. The van der Waals surface area contributed by atoms with E-state index in [-0.39, 0.29) is 23.6 Å². The second kappa shape index (κ2) is 11.0. The molecular formula is C24H25N3O7. The first-order valence-electron chi connectivity index (χ1n) is 10.7. The van der Waals surface area contributed by atoms with Gasteiger partial charge in [0.05, 0.1) is 18.9 Å². The van der Waals surface area contributed by atoms with Crippen molar-refractivity contribution in [1.29, 1.82) is 0 Å². The van der Waals surface area contributed by atoms with Gasteiger partial charge in [-0.1, -0.05) is 25.1 Å². The van der Waals surface area contributed by atoms with Gasteiger partial charge in [0.2, 0.25) is 0 Å². The Morgan fingerprint density at radius 1 is 1.00 bits per heavy atom. The number of ether oxygens (including phenoxy) is 3. The van der Waals surface area contributed by atoms with Crippen molar-refractivity contribution in [1.82, 2.24) is 5.32 Å². The van der Waals surface area contributed by atoms with Gasteiger partial charge in [0, 0.05) is 11.6 Å². The minimum atomic E-state index is -0.893. The van der Waals surface area contributed by atoms with E-state index in [1.54, 1.807) is 37.3 Å². The summed E-state index contributed by atoms with van der Waals surface area (Å²) in [5.74, 6) is -1.28. The van der Waals surface area contributed by atoms with E-state index in [1.807, 2.05) is 6.92 Å². The molecular weight excluding hydrogens is 442 g/mol. The Balaban J connectivity index is 1.97. The van der Waals surface area contributed by atoms with Crippen molar-refractivity contribution in [2.75, 3.05) is 24.7 Å². The first-order chi connectivity index (χ1) is 16.3. The second-order valence-corrected chi connectivity index (χ2v) is 7.16. The number of nitrogens with two attached hydrogens (primary N) is 1. The largest absolute Gasteiger partial charge is 0.490 e. The lowest BCUT2D eigenvalue weighted by molar-refractivity contribution is -0.123. The molecule has 178 valence electrons. The fraction of sp³-hybridized carbons (Fsp3) is 0.250. The van der Waals surface area contributed by atoms with Crippen LogP contribution >= 0.6 is 0 Å². The number of nitrogens with one attached hydrogen (secondary N) is 1. The molecule has 10 nitrogen and oxygen atoms in total. The standard InChI is InChI=1S/C24H25N3O7/c1-3-11-33-19-10-9-16(13-20(19)32-4-2)27-23(30)17(22(29)26-24(27)31)12-15-7-5-6-8-18(15)34-14-21(25)28/h5-10,12-13H,3-4,11,14H2,1-2H3,(H2,25,28)(H,26,29,31)/b17-12+. The lowest BCUT2D eigenvalue weighted by atomic mass is 10.1. The van der Waals surface area contributed by atoms with E-state index >= 15 is 0 Å². The fourth-order valence-corrected chi connectivity index (χ4v) is 3.16. The highest BCUT2D eigenvalue weighted by molar-refractivity contribution is 6.39. The Morgan fingerprint density at radius 2 is 1.76 bits per heavy atom. The van der Waals surface area contributed by atoms with E-state index in [4.69, 9.17) is 19.9 Å². The number of hydrogen-bond donors (Lipinski definition) is 2. The molecule has 1 aliphatic heterocycles. The molecule has 0 spiro atoms. The van der Waals surface area contributed by atoms with Crippen LogP contribution in [0, 0.1) is 0 Å². The Kier molecular flexibility index (Phi) is 7.86. The van der Waals surface area contributed by atoms with Crippen molar-refractivity contribution in [2.45, 2.75) is 20.3 Å². The zero-order valence-electron chi connectivity index (χ0n) is 18.8. The Hall–Kier alpha value is -4.34. The van der Waals surface area contributed by atoms with E-state index in [9.17, 15) is 19.2 Å². The van der Waals surface area contributed by atoms with E-state index in [0.29, 0.717) is 30.3 Å². The van der Waals surface area contributed by atoms with Crippen molar-refractivity contribution >= 4 is 35.5 Å². The van der Waals surface area contributed by atoms with E-state index < -0.39 is 23.8 Å². The minimum absolute atomic E-state index is 0.200. The number of rotatable bonds is 10. The quantitative estimate of drug-likeness (QED) is 0.404. The molecule has 34 heavy (non-hydrogen) atoms. The summed E-state index contributed by atoms with van der Waals surface area (Å²) >= 11 is 0. The van der Waals surface area contributed by atoms with Crippen LogP contribution in [0.5, 0.6) is 17.2 Å². The van der Waals surface area contributed by atoms with Crippen molar-refractivity contribution < 1.29 is 33.4 Å². The molecule has 0 radical (unpaired) electrons. The number of benzene rings is 2. The molecule has 3 N–H and O–H groups in total. The van der Waals surface area contributed by atoms with Crippen LogP contribution in [0.25, 0.3) is 6.08 Å². The summed E-state index contributed by atoms with van der Waals surface area (Å²) in [6, 6.07) is 10.2. The van der Waals surface area contributed by atoms with Gasteiger partial charge in [0.15, 0.2) is 18.1 Å². The number of anilines is 1. The van der Waals surface area contributed by atoms with E-state index in [1.165, 1.54) is 18.2 Å². The maximum atomic E-state index is 13.2. The topological polar surface area (TPSA) is 137 Å². The molecule has 3 rings (SSSR count). The van der Waals surface area contributed by atoms with Crippen LogP contribution in [0.3, 0.4) is 0 Å². The maximum Gasteiger partial charge on any atom is 0.335 e. The van der Waals surface area contributed by atoms with Crippen LogP contribution in [-0.2, 0) is 14.4 Å². The molecule has 0 bridgehead atoms. The van der Waals surface area contributed by atoms with Crippen LogP contribution in [-0.4, -0.2) is 43.6 Å². The first-order valence-corrected chi connectivity index (χ1v) is 10.7. The molecule has 1 heterocycles. The summed E-state index contributed by atoms with van der Waals surface area (Å²) in [6.07, 6.45) is 2.08. The highest BCUT2D eigenvalue weighted by atomic mass is 16.5. The molecule has 2 aromatic rings. The first kappa shape index (κ1) is 24.3. The highest BCUT2D eigenvalue weighted by Gasteiger charge is 2.37. The second-order valence-electron chi connectivity index (χ2n) is 7.16. The summed E-state index contributed by atoms with van der Waals surface area (Å²) in [6.45, 7) is 4.20. The number of primary amides is 1. The summed E-state index contributed by atoms with van der Waals surface area (Å²) in [7, 11) is 0. The number of para-hydroxylation sites is 1. The van der Waals surface area contributed by atoms with Crippen molar-refractivity contribution in [3.8, 4) is 17.2 Å². The predicted octanol–water partition coefficient (Wildman–Crippen LogP) is 2.40. The van der Waals surface area contributed by atoms with Crippen LogP contribution in [0.2, 0.25) is 0 Å². The Labute approximate surface area is 196 Å². The number of barbiturate groups is 1. The van der Waals surface area contributed by atoms with Crippen LogP contribution in [0.15, 0.2) is 48.0 Å². The van der Waals surface area contributed by atoms with Crippen molar-refractivity contribution in [3.63, 3.8) is 0 Å². The third kappa shape index (κ3) is 5.52. The molecule has 1 saturated heterocycles. The molecule has 10 heteroatoms. The SMILES string of the molecule is CCCOc1ccc(N2C(=O)NC(=O)/C(=C\c3ccccc3OCC(N)=O)C2=O)cc1OCC. The summed E-state index contributed by atoms with van der Waals surface area (Å²) in [5, 5.41) is 2.17. The molecule has 1 fully saturated rings. The number of nitrogens with zero attached hydrogens (tertiary/aromatic N) is 1. The smallest absolute Gasteiger partial charge is 0.335 e. The van der Waals surface area contributed by atoms with Gasteiger partial charge in [0.25, 0.3) is 17.7 Å². The number of carbonyl (C=O) groups excluding carboxylic acids is 4. The maximum absolute atomic E-state index is 13.2. The predicted molar refractivity (Wildman–Crippen MR) is 124 cm³/mol. The Morgan fingerprint density at radius 3 is 2.47 bits per heavy atom. The van der Waals surface area contributed by atoms with Gasteiger partial charge in [-0.15, -0.1) is 0 Å². The van der Waals surface area contributed by atoms with Gasteiger partial charge in [-0.2, -0.15) is 0 Å². The molecule has 5 amide bonds. The fourth-order valence-electron chi connectivity index (χ4n) is 3.16. The van der Waals surface area contributed by atoms with Gasteiger partial charge in [-0.3, -0.25) is 19.7 Å². The lowest BCUT2D eigenvalue weighted by Crippen LogP contribution is -2.54. The zero-order valence-corrected chi connectivity index (χ0v) is 18.8.